The number of aromatic nitrogens is 1. The van der Waals surface area contributed by atoms with Crippen LogP contribution < -0.4 is 19.8 Å². The van der Waals surface area contributed by atoms with Gasteiger partial charge in [0, 0.05) is 6.20 Å². The van der Waals surface area contributed by atoms with Gasteiger partial charge in [0.25, 0.3) is 5.91 Å². The van der Waals surface area contributed by atoms with Crippen LogP contribution in [0.1, 0.15) is 45.8 Å². The molecule has 0 bridgehead atoms. The summed E-state index contributed by atoms with van der Waals surface area (Å²) in [7, 11) is 0. The molecule has 8 heteroatoms. The zero-order valence-corrected chi connectivity index (χ0v) is 21.9. The molecule has 3 heterocycles. The molecule has 1 aliphatic rings. The predicted octanol–water partition coefficient (Wildman–Crippen LogP) is 6.36. The lowest BCUT2D eigenvalue weighted by molar-refractivity contribution is 0.0970. The maximum Gasteiger partial charge on any atom is 0.296 e. The van der Waals surface area contributed by atoms with Crippen LogP contribution in [0, 0.1) is 12.7 Å². The maximum atomic E-state index is 14.1. The van der Waals surface area contributed by atoms with Crippen molar-refractivity contribution in [2.75, 3.05) is 11.5 Å². The van der Waals surface area contributed by atoms with Gasteiger partial charge in [-0.05, 0) is 73.0 Å². The Morgan fingerprint density at radius 3 is 2.55 bits per heavy atom. The zero-order chi connectivity index (χ0) is 27.8. The van der Waals surface area contributed by atoms with Gasteiger partial charge in [-0.3, -0.25) is 14.5 Å². The summed E-state index contributed by atoms with van der Waals surface area (Å²) >= 11 is 0. The molecule has 3 aromatic carbocycles. The molecule has 5 aromatic rings. The third kappa shape index (κ3) is 4.47. The summed E-state index contributed by atoms with van der Waals surface area (Å²) in [5.74, 6) is 0.162. The van der Waals surface area contributed by atoms with Crippen molar-refractivity contribution >= 4 is 22.7 Å². The lowest BCUT2D eigenvalue weighted by Gasteiger charge is -2.25. The third-order valence-corrected chi connectivity index (χ3v) is 6.80. The second kappa shape index (κ2) is 10.3. The normalized spacial score (nSPS) is 14.4. The number of hydrogen-bond donors (Lipinski definition) is 0. The van der Waals surface area contributed by atoms with E-state index in [1.54, 1.807) is 30.5 Å². The molecule has 2 aromatic heterocycles. The molecule has 6 rings (SSSR count). The van der Waals surface area contributed by atoms with E-state index < -0.39 is 23.2 Å². The van der Waals surface area contributed by atoms with Crippen molar-refractivity contribution in [3.05, 3.63) is 129 Å². The number of carbonyl (C=O) groups is 1. The topological polar surface area (TPSA) is 81.9 Å². The van der Waals surface area contributed by atoms with Crippen LogP contribution in [0.5, 0.6) is 11.5 Å². The fraction of sp³-hybridized carbons (Fsp3) is 0.156. The number of nitrogens with zero attached hydrogens (tertiary/aromatic N) is 2. The number of pyridine rings is 1. The molecule has 40 heavy (non-hydrogen) atoms. The molecule has 0 radical (unpaired) electrons. The summed E-state index contributed by atoms with van der Waals surface area (Å²) < 4.78 is 32.1. The lowest BCUT2D eigenvalue weighted by Crippen LogP contribution is -2.30. The number of aryl methyl sites for hydroxylation is 1. The first kappa shape index (κ1) is 25.3. The SMILES string of the molecule is CCOc1cc(C2c3c(oc4ccc(F)cc4c3=O)C(=O)N2c2cc(C)ccn2)ccc1OCc1ccccc1. The lowest BCUT2D eigenvalue weighted by atomic mass is 9.98. The van der Waals surface area contributed by atoms with Crippen LogP contribution in [-0.4, -0.2) is 17.5 Å². The largest absolute Gasteiger partial charge is 0.490 e. The van der Waals surface area contributed by atoms with Crippen LogP contribution >= 0.6 is 0 Å². The Kier molecular flexibility index (Phi) is 6.51. The monoisotopic (exact) mass is 536 g/mol. The third-order valence-electron chi connectivity index (χ3n) is 6.80. The Morgan fingerprint density at radius 2 is 1.77 bits per heavy atom. The van der Waals surface area contributed by atoms with Gasteiger partial charge in [0.2, 0.25) is 5.76 Å². The molecule has 0 saturated carbocycles. The average Bonchev–Trinajstić information content (AvgIpc) is 3.25. The van der Waals surface area contributed by atoms with E-state index in [0.717, 1.165) is 17.2 Å². The second-order valence-electron chi connectivity index (χ2n) is 9.50. The van der Waals surface area contributed by atoms with Crippen LogP contribution in [0.15, 0.2) is 94.3 Å². The number of anilines is 1. The summed E-state index contributed by atoms with van der Waals surface area (Å²) in [5, 5.41) is 0.0587. The van der Waals surface area contributed by atoms with Crippen molar-refractivity contribution in [1.82, 2.24) is 4.98 Å². The van der Waals surface area contributed by atoms with Crippen LogP contribution in [0.2, 0.25) is 0 Å². The van der Waals surface area contributed by atoms with E-state index >= 15 is 0 Å². The van der Waals surface area contributed by atoms with E-state index in [-0.39, 0.29) is 22.3 Å². The van der Waals surface area contributed by atoms with E-state index in [1.807, 2.05) is 50.2 Å². The van der Waals surface area contributed by atoms with E-state index in [0.29, 0.717) is 36.1 Å². The van der Waals surface area contributed by atoms with Crippen molar-refractivity contribution in [3.8, 4) is 11.5 Å². The molecule has 1 atom stereocenters. The number of carbonyl (C=O) groups excluding carboxylic acids is 1. The highest BCUT2D eigenvalue weighted by atomic mass is 19.1. The molecular formula is C32H25FN2O5. The first-order valence-electron chi connectivity index (χ1n) is 12.9. The van der Waals surface area contributed by atoms with Gasteiger partial charge in [-0.25, -0.2) is 9.37 Å². The number of rotatable bonds is 7. The highest BCUT2D eigenvalue weighted by molar-refractivity contribution is 6.10. The first-order chi connectivity index (χ1) is 19.4. The highest BCUT2D eigenvalue weighted by Crippen LogP contribution is 2.43. The van der Waals surface area contributed by atoms with Crippen LogP contribution in [0.3, 0.4) is 0 Å². The summed E-state index contributed by atoms with van der Waals surface area (Å²) in [4.78, 5) is 33.5. The van der Waals surface area contributed by atoms with Gasteiger partial charge in [-0.2, -0.15) is 0 Å². The average molecular weight is 537 g/mol. The molecule has 0 spiro atoms. The summed E-state index contributed by atoms with van der Waals surface area (Å²) in [6.07, 6.45) is 1.60. The number of fused-ring (bicyclic) bond motifs is 2. The van der Waals surface area contributed by atoms with Gasteiger partial charge in [-0.1, -0.05) is 36.4 Å². The molecular weight excluding hydrogens is 511 g/mol. The quantitative estimate of drug-likeness (QED) is 0.241. The van der Waals surface area contributed by atoms with Crippen molar-refractivity contribution in [3.63, 3.8) is 0 Å². The number of hydrogen-bond acceptors (Lipinski definition) is 6. The Hall–Kier alpha value is -4.98. The zero-order valence-electron chi connectivity index (χ0n) is 21.9. The molecule has 1 unspecified atom stereocenters. The minimum absolute atomic E-state index is 0.0587. The number of ether oxygens (including phenoxy) is 2. The highest BCUT2D eigenvalue weighted by Gasteiger charge is 2.44. The maximum absolute atomic E-state index is 14.1. The Balaban J connectivity index is 1.51. The van der Waals surface area contributed by atoms with E-state index in [4.69, 9.17) is 13.9 Å². The fourth-order valence-electron chi connectivity index (χ4n) is 4.97. The molecule has 1 aliphatic heterocycles. The van der Waals surface area contributed by atoms with Gasteiger partial charge >= 0.3 is 0 Å². The Bertz CT molecular complexity index is 1800. The molecule has 1 amide bonds. The summed E-state index contributed by atoms with van der Waals surface area (Å²) in [6, 6.07) is 21.4. The second-order valence-corrected chi connectivity index (χ2v) is 9.50. The van der Waals surface area contributed by atoms with Gasteiger partial charge in [0.05, 0.1) is 23.6 Å². The molecule has 200 valence electrons. The van der Waals surface area contributed by atoms with E-state index in [9.17, 15) is 14.0 Å². The van der Waals surface area contributed by atoms with Gasteiger partial charge in [0.1, 0.15) is 23.8 Å². The fourth-order valence-corrected chi connectivity index (χ4v) is 4.97. The van der Waals surface area contributed by atoms with Crippen LogP contribution in [0.25, 0.3) is 11.0 Å². The Labute approximate surface area is 229 Å². The minimum Gasteiger partial charge on any atom is -0.490 e. The molecule has 0 N–H and O–H groups in total. The minimum atomic E-state index is -0.886. The van der Waals surface area contributed by atoms with Gasteiger partial charge < -0.3 is 13.9 Å². The van der Waals surface area contributed by atoms with Crippen LogP contribution in [0.4, 0.5) is 10.2 Å². The van der Waals surface area contributed by atoms with Crippen LogP contribution in [-0.2, 0) is 6.61 Å². The van der Waals surface area contributed by atoms with E-state index in [2.05, 4.69) is 4.98 Å². The summed E-state index contributed by atoms with van der Waals surface area (Å²) in [5.41, 5.74) is 2.25. The first-order valence-corrected chi connectivity index (χ1v) is 12.9. The summed E-state index contributed by atoms with van der Waals surface area (Å²) in [6.45, 7) is 4.47. The van der Waals surface area contributed by atoms with Crippen molar-refractivity contribution in [2.45, 2.75) is 26.5 Å². The molecule has 0 saturated heterocycles. The van der Waals surface area contributed by atoms with Crippen molar-refractivity contribution < 1.29 is 23.1 Å². The molecule has 7 nitrogen and oxygen atoms in total. The van der Waals surface area contributed by atoms with Crippen molar-refractivity contribution in [1.29, 1.82) is 0 Å². The van der Waals surface area contributed by atoms with Gasteiger partial charge in [-0.15, -0.1) is 0 Å². The number of halogens is 1. The standard InChI is InChI=1S/C32H25FN2O5/c1-3-38-26-16-21(9-11-25(26)39-18-20-7-5-4-6-8-20)29-28-30(36)23-17-22(33)10-12-24(23)40-31(28)32(37)35(29)27-15-19(2)13-14-34-27/h4-17,29H,3,18H2,1-2H3. The Morgan fingerprint density at radius 1 is 0.950 bits per heavy atom. The van der Waals surface area contributed by atoms with E-state index in [1.165, 1.54) is 17.0 Å². The smallest absolute Gasteiger partial charge is 0.296 e. The number of amides is 1. The number of benzene rings is 3. The molecule has 0 fully saturated rings. The van der Waals surface area contributed by atoms with Crippen molar-refractivity contribution in [2.24, 2.45) is 0 Å². The predicted molar refractivity (Wildman–Crippen MR) is 148 cm³/mol. The molecule has 0 aliphatic carbocycles. The van der Waals surface area contributed by atoms with Gasteiger partial charge in [0.15, 0.2) is 16.9 Å².